The van der Waals surface area contributed by atoms with Crippen LogP contribution in [0.1, 0.15) is 31.9 Å². The summed E-state index contributed by atoms with van der Waals surface area (Å²) < 4.78 is 4.76. The van der Waals surface area contributed by atoms with Gasteiger partial charge in [-0.05, 0) is 23.6 Å². The van der Waals surface area contributed by atoms with Crippen LogP contribution in [0.5, 0.6) is 0 Å². The van der Waals surface area contributed by atoms with Gasteiger partial charge in [-0.2, -0.15) is 5.26 Å². The maximum atomic E-state index is 12.5. The summed E-state index contributed by atoms with van der Waals surface area (Å²) in [4.78, 5) is 35.8. The highest BCUT2D eigenvalue weighted by atomic mass is 16.5. The van der Waals surface area contributed by atoms with Crippen LogP contribution in [0, 0.1) is 17.2 Å². The molecule has 0 spiro atoms. The van der Waals surface area contributed by atoms with E-state index in [1.165, 1.54) is 14.0 Å². The fraction of sp³-hybridized carbons (Fsp3) is 0.444. The van der Waals surface area contributed by atoms with Crippen molar-refractivity contribution in [3.05, 3.63) is 35.4 Å². The van der Waals surface area contributed by atoms with Gasteiger partial charge in [0.15, 0.2) is 0 Å². The first-order chi connectivity index (χ1) is 11.8. The zero-order chi connectivity index (χ0) is 19.0. The van der Waals surface area contributed by atoms with Gasteiger partial charge in [0, 0.05) is 13.3 Å². The Kier molecular flexibility index (Phi) is 7.60. The van der Waals surface area contributed by atoms with Gasteiger partial charge in [0.2, 0.25) is 11.8 Å². The largest absolute Gasteiger partial charge is 0.467 e. The average molecular weight is 345 g/mol. The maximum Gasteiger partial charge on any atom is 0.328 e. The Balaban J connectivity index is 2.90. The molecule has 7 nitrogen and oxygen atoms in total. The molecule has 0 unspecified atom stereocenters. The van der Waals surface area contributed by atoms with Gasteiger partial charge in [0.05, 0.1) is 18.7 Å². The molecule has 0 bridgehead atoms. The summed E-state index contributed by atoms with van der Waals surface area (Å²) in [6.07, 6.45) is 0.217. The first-order valence-electron chi connectivity index (χ1n) is 7.92. The summed E-state index contributed by atoms with van der Waals surface area (Å²) in [6, 6.07) is 7.09. The number of ether oxygens (including phenoxy) is 1. The number of carbonyl (C=O) groups is 3. The van der Waals surface area contributed by atoms with Crippen LogP contribution in [0.25, 0.3) is 0 Å². The van der Waals surface area contributed by atoms with Crippen molar-refractivity contribution in [1.29, 1.82) is 5.26 Å². The van der Waals surface area contributed by atoms with E-state index in [0.29, 0.717) is 5.56 Å². The third-order valence-corrected chi connectivity index (χ3v) is 3.63. The molecule has 0 radical (unpaired) electrons. The van der Waals surface area contributed by atoms with E-state index in [-0.39, 0.29) is 18.2 Å². The Bertz CT molecular complexity index is 662. The van der Waals surface area contributed by atoms with E-state index in [1.807, 2.05) is 6.07 Å². The molecule has 0 aliphatic heterocycles. The van der Waals surface area contributed by atoms with Crippen molar-refractivity contribution >= 4 is 17.8 Å². The van der Waals surface area contributed by atoms with Crippen LogP contribution in [0.4, 0.5) is 0 Å². The molecular formula is C18H23N3O4. The number of carbonyl (C=O) groups excluding carboxylic acids is 3. The lowest BCUT2D eigenvalue weighted by atomic mass is 10.0. The van der Waals surface area contributed by atoms with E-state index in [2.05, 4.69) is 10.6 Å². The molecule has 0 fully saturated rings. The summed E-state index contributed by atoms with van der Waals surface area (Å²) in [5.41, 5.74) is 1.28. The monoisotopic (exact) mass is 345 g/mol. The van der Waals surface area contributed by atoms with E-state index < -0.39 is 24.0 Å². The number of nitrogens with zero attached hydrogens (tertiary/aromatic N) is 1. The van der Waals surface area contributed by atoms with E-state index in [4.69, 9.17) is 10.00 Å². The topological polar surface area (TPSA) is 108 Å². The summed E-state index contributed by atoms with van der Waals surface area (Å²) in [6.45, 7) is 4.93. The summed E-state index contributed by atoms with van der Waals surface area (Å²) >= 11 is 0. The molecule has 1 aromatic carbocycles. The Hall–Kier alpha value is -2.88. The van der Waals surface area contributed by atoms with Crippen LogP contribution in [0.3, 0.4) is 0 Å². The molecular weight excluding hydrogens is 322 g/mol. The minimum Gasteiger partial charge on any atom is -0.467 e. The Morgan fingerprint density at radius 3 is 2.20 bits per heavy atom. The number of hydrogen-bond donors (Lipinski definition) is 2. The number of esters is 1. The molecule has 2 N–H and O–H groups in total. The molecule has 0 heterocycles. The second-order valence-corrected chi connectivity index (χ2v) is 6.02. The van der Waals surface area contributed by atoms with Gasteiger partial charge in [-0.1, -0.05) is 26.0 Å². The van der Waals surface area contributed by atoms with Crippen molar-refractivity contribution in [3.8, 4) is 6.07 Å². The molecule has 2 atom stereocenters. The minimum atomic E-state index is -0.888. The van der Waals surface area contributed by atoms with Crippen molar-refractivity contribution in [2.24, 2.45) is 5.92 Å². The molecule has 0 saturated carbocycles. The fourth-order valence-corrected chi connectivity index (χ4v) is 2.30. The van der Waals surface area contributed by atoms with Crippen molar-refractivity contribution in [3.63, 3.8) is 0 Å². The number of hydrogen-bond acceptors (Lipinski definition) is 5. The van der Waals surface area contributed by atoms with Crippen LogP contribution in [-0.2, 0) is 25.5 Å². The number of nitrogens with one attached hydrogen (secondary N) is 2. The van der Waals surface area contributed by atoms with Crippen LogP contribution >= 0.6 is 0 Å². The first-order valence-corrected chi connectivity index (χ1v) is 7.92. The molecule has 134 valence electrons. The predicted molar refractivity (Wildman–Crippen MR) is 91.3 cm³/mol. The van der Waals surface area contributed by atoms with Gasteiger partial charge in [-0.3, -0.25) is 9.59 Å². The van der Waals surface area contributed by atoms with Crippen LogP contribution < -0.4 is 10.6 Å². The van der Waals surface area contributed by atoms with Gasteiger partial charge >= 0.3 is 5.97 Å². The maximum absolute atomic E-state index is 12.5. The van der Waals surface area contributed by atoms with E-state index in [0.717, 1.165) is 5.56 Å². The normalized spacial score (nSPS) is 12.6. The molecule has 1 rings (SSSR count). The van der Waals surface area contributed by atoms with E-state index >= 15 is 0 Å². The van der Waals surface area contributed by atoms with Crippen molar-refractivity contribution in [2.45, 2.75) is 39.3 Å². The Morgan fingerprint density at radius 1 is 1.16 bits per heavy atom. The number of methoxy groups -OCH3 is 1. The lowest BCUT2D eigenvalue weighted by molar-refractivity contribution is -0.145. The second kappa shape index (κ2) is 9.42. The third-order valence-electron chi connectivity index (χ3n) is 3.63. The molecule has 1 aromatic rings. The van der Waals surface area contributed by atoms with Crippen molar-refractivity contribution in [1.82, 2.24) is 10.6 Å². The Morgan fingerprint density at radius 2 is 1.76 bits per heavy atom. The van der Waals surface area contributed by atoms with Crippen LogP contribution in [0.15, 0.2) is 24.3 Å². The molecule has 0 aliphatic carbocycles. The standard InChI is InChI=1S/C18H23N3O4/c1-11(2)16(20-12(3)22)17(23)21-15(18(24)25-4)9-13-5-7-14(10-19)8-6-13/h5-8,11,15-16H,9H2,1-4H3,(H,20,22)(H,21,23)/t15-,16+/m0/s1. The van der Waals surface area contributed by atoms with Gasteiger partial charge in [-0.15, -0.1) is 0 Å². The Labute approximate surface area is 147 Å². The van der Waals surface area contributed by atoms with Gasteiger partial charge in [0.1, 0.15) is 12.1 Å². The number of rotatable bonds is 7. The summed E-state index contributed by atoms with van der Waals surface area (Å²) in [5.74, 6) is -1.50. The van der Waals surface area contributed by atoms with Crippen molar-refractivity contribution in [2.75, 3.05) is 7.11 Å². The zero-order valence-corrected chi connectivity index (χ0v) is 14.8. The lowest BCUT2D eigenvalue weighted by Gasteiger charge is -2.24. The first kappa shape index (κ1) is 20.2. The molecule has 2 amide bonds. The highest BCUT2D eigenvalue weighted by Crippen LogP contribution is 2.09. The lowest BCUT2D eigenvalue weighted by Crippen LogP contribution is -2.54. The third kappa shape index (κ3) is 6.26. The number of nitriles is 1. The molecule has 0 saturated heterocycles. The number of benzene rings is 1. The summed E-state index contributed by atoms with van der Waals surface area (Å²) in [7, 11) is 1.24. The molecule has 0 aromatic heterocycles. The smallest absolute Gasteiger partial charge is 0.328 e. The van der Waals surface area contributed by atoms with Crippen LogP contribution in [0.2, 0.25) is 0 Å². The fourth-order valence-electron chi connectivity index (χ4n) is 2.30. The highest BCUT2D eigenvalue weighted by Gasteiger charge is 2.28. The van der Waals surface area contributed by atoms with E-state index in [1.54, 1.807) is 38.1 Å². The van der Waals surface area contributed by atoms with Gasteiger partial charge < -0.3 is 15.4 Å². The SMILES string of the molecule is COC(=O)[C@H](Cc1ccc(C#N)cc1)NC(=O)[C@H](NC(C)=O)C(C)C. The molecule has 0 aliphatic rings. The summed E-state index contributed by atoms with van der Waals surface area (Å²) in [5, 5.41) is 14.0. The van der Waals surface area contributed by atoms with Gasteiger partial charge in [0.25, 0.3) is 0 Å². The second-order valence-electron chi connectivity index (χ2n) is 6.02. The van der Waals surface area contributed by atoms with Crippen LogP contribution in [-0.4, -0.2) is 37.0 Å². The highest BCUT2D eigenvalue weighted by molar-refractivity contribution is 5.90. The van der Waals surface area contributed by atoms with Gasteiger partial charge in [-0.25, -0.2) is 4.79 Å². The van der Waals surface area contributed by atoms with E-state index in [9.17, 15) is 14.4 Å². The predicted octanol–water partition coefficient (Wildman–Crippen LogP) is 0.919. The van der Waals surface area contributed by atoms with Crippen molar-refractivity contribution < 1.29 is 19.1 Å². The number of amides is 2. The molecule has 25 heavy (non-hydrogen) atoms. The zero-order valence-electron chi connectivity index (χ0n) is 14.8. The average Bonchev–Trinajstić information content (AvgIpc) is 2.58. The minimum absolute atomic E-state index is 0.142. The molecule has 7 heteroatoms. The quantitative estimate of drug-likeness (QED) is 0.714.